The van der Waals surface area contributed by atoms with Gasteiger partial charge in [0.15, 0.2) is 0 Å². The summed E-state index contributed by atoms with van der Waals surface area (Å²) in [6, 6.07) is 9.84. The van der Waals surface area contributed by atoms with E-state index in [1.165, 1.54) is 0 Å². The van der Waals surface area contributed by atoms with Crippen LogP contribution in [0.1, 0.15) is 18.4 Å². The number of hydrogen-bond acceptors (Lipinski definition) is 2. The number of hydrogen-bond donors (Lipinski definition) is 0. The molecule has 1 saturated heterocycles. The fourth-order valence-electron chi connectivity index (χ4n) is 1.87. The third-order valence-electron chi connectivity index (χ3n) is 2.92. The third kappa shape index (κ3) is 1.92. The lowest BCUT2D eigenvalue weighted by molar-refractivity contribution is -0.158. The van der Waals surface area contributed by atoms with Gasteiger partial charge in [0.25, 0.3) is 0 Å². The molecule has 1 heterocycles. The molecule has 2 nitrogen and oxygen atoms in total. The number of rotatable bonds is 2. The second-order valence-corrected chi connectivity index (χ2v) is 4.55. The second-order valence-electron chi connectivity index (χ2n) is 3.99. The molecule has 0 bridgehead atoms. The van der Waals surface area contributed by atoms with Crippen molar-refractivity contribution in [1.29, 1.82) is 0 Å². The Labute approximate surface area is 103 Å². The summed E-state index contributed by atoms with van der Waals surface area (Å²) in [5, 5.41) is 0.614. The summed E-state index contributed by atoms with van der Waals surface area (Å²) in [4.78, 5) is 11.6. The molecule has 0 amide bonds. The van der Waals surface area contributed by atoms with Crippen LogP contribution in [0.15, 0.2) is 42.5 Å². The number of halogens is 1. The van der Waals surface area contributed by atoms with Gasteiger partial charge in [0, 0.05) is 10.9 Å². The van der Waals surface area contributed by atoms with E-state index in [2.05, 4.69) is 22.5 Å². The highest BCUT2D eigenvalue weighted by Crippen LogP contribution is 2.38. The topological polar surface area (TPSA) is 26.3 Å². The van der Waals surface area contributed by atoms with Crippen molar-refractivity contribution in [3.8, 4) is 0 Å². The molecule has 0 spiro atoms. The highest BCUT2D eigenvalue weighted by Gasteiger charge is 2.39. The zero-order chi connectivity index (χ0) is 11.6. The molecule has 1 unspecified atom stereocenters. The minimum absolute atomic E-state index is 0.283. The van der Waals surface area contributed by atoms with Gasteiger partial charge in [0.2, 0.25) is 0 Å². The number of carbonyl (C=O) groups excluding carboxylic acids is 1. The largest absolute Gasteiger partial charge is 0.450 e. The van der Waals surface area contributed by atoms with Crippen LogP contribution in [0.25, 0.3) is 0 Å². The second kappa shape index (κ2) is 4.42. The summed E-state index contributed by atoms with van der Waals surface area (Å²) in [6.45, 7) is 3.70. The molecule has 0 N–H and O–H groups in total. The molecular formula is C13H13BrO2. The number of ether oxygens (including phenoxy) is 1. The summed E-state index contributed by atoms with van der Waals surface area (Å²) in [6.07, 6.45) is 1.48. The Kier molecular flexibility index (Phi) is 3.15. The molecule has 1 atom stereocenters. The SMILES string of the molecule is C=C1CCC(CBr)(c2ccccc2)OC1=O. The Hall–Kier alpha value is -1.09. The summed E-state index contributed by atoms with van der Waals surface area (Å²) >= 11 is 3.45. The van der Waals surface area contributed by atoms with Crippen LogP contribution in [-0.4, -0.2) is 11.3 Å². The average Bonchev–Trinajstić information content (AvgIpc) is 2.34. The van der Waals surface area contributed by atoms with Crippen LogP contribution in [0, 0.1) is 0 Å². The molecule has 84 valence electrons. The monoisotopic (exact) mass is 280 g/mol. The minimum Gasteiger partial charge on any atom is -0.450 e. The van der Waals surface area contributed by atoms with E-state index in [9.17, 15) is 4.79 Å². The lowest BCUT2D eigenvalue weighted by Gasteiger charge is -2.36. The predicted molar refractivity (Wildman–Crippen MR) is 66.4 cm³/mol. The van der Waals surface area contributed by atoms with Crippen molar-refractivity contribution in [2.24, 2.45) is 0 Å². The molecule has 1 aromatic rings. The standard InChI is InChI=1S/C13H13BrO2/c1-10-7-8-13(9-14,16-12(10)15)11-5-3-2-4-6-11/h2-6H,1,7-9H2. The van der Waals surface area contributed by atoms with Gasteiger partial charge in [-0.2, -0.15) is 0 Å². The fraction of sp³-hybridized carbons (Fsp3) is 0.308. The van der Waals surface area contributed by atoms with Crippen LogP contribution in [0.3, 0.4) is 0 Å². The number of cyclic esters (lactones) is 1. The van der Waals surface area contributed by atoms with Gasteiger partial charge in [-0.1, -0.05) is 52.8 Å². The van der Waals surface area contributed by atoms with Gasteiger partial charge in [-0.25, -0.2) is 4.79 Å². The third-order valence-corrected chi connectivity index (χ3v) is 3.83. The first kappa shape index (κ1) is 11.4. The van der Waals surface area contributed by atoms with Gasteiger partial charge in [-0.3, -0.25) is 0 Å². The lowest BCUT2D eigenvalue weighted by Crippen LogP contribution is -2.38. The number of benzene rings is 1. The van der Waals surface area contributed by atoms with Gasteiger partial charge in [-0.05, 0) is 18.4 Å². The fourth-order valence-corrected chi connectivity index (χ4v) is 2.59. The molecule has 3 heteroatoms. The molecule has 0 saturated carbocycles. The van der Waals surface area contributed by atoms with Crippen LogP contribution in [-0.2, 0) is 15.1 Å². The van der Waals surface area contributed by atoms with E-state index in [1.807, 2.05) is 30.3 Å². The normalized spacial score (nSPS) is 25.3. The van der Waals surface area contributed by atoms with Crippen molar-refractivity contribution in [1.82, 2.24) is 0 Å². The molecule has 0 aromatic heterocycles. The van der Waals surface area contributed by atoms with E-state index >= 15 is 0 Å². The molecule has 16 heavy (non-hydrogen) atoms. The van der Waals surface area contributed by atoms with E-state index in [-0.39, 0.29) is 5.97 Å². The molecule has 0 radical (unpaired) electrons. The van der Waals surface area contributed by atoms with Crippen LogP contribution < -0.4 is 0 Å². The Balaban J connectivity index is 2.34. The van der Waals surface area contributed by atoms with Crippen molar-refractivity contribution in [2.75, 3.05) is 5.33 Å². The van der Waals surface area contributed by atoms with Crippen LogP contribution in [0.5, 0.6) is 0 Å². The maximum absolute atomic E-state index is 11.6. The van der Waals surface area contributed by atoms with Crippen molar-refractivity contribution in [3.63, 3.8) is 0 Å². The molecule has 1 aliphatic rings. The summed E-state index contributed by atoms with van der Waals surface area (Å²) in [7, 11) is 0. The molecular weight excluding hydrogens is 268 g/mol. The van der Waals surface area contributed by atoms with Gasteiger partial charge >= 0.3 is 5.97 Å². The van der Waals surface area contributed by atoms with Gasteiger partial charge in [0.05, 0.1) is 0 Å². The van der Waals surface area contributed by atoms with E-state index < -0.39 is 5.60 Å². The first-order valence-electron chi connectivity index (χ1n) is 5.20. The summed E-state index contributed by atoms with van der Waals surface area (Å²) in [5.74, 6) is -0.283. The Morgan fingerprint density at radius 2 is 2.06 bits per heavy atom. The van der Waals surface area contributed by atoms with Gasteiger partial charge in [0.1, 0.15) is 5.60 Å². The van der Waals surface area contributed by atoms with E-state index in [0.29, 0.717) is 17.3 Å². The number of carbonyl (C=O) groups is 1. The van der Waals surface area contributed by atoms with E-state index in [1.54, 1.807) is 0 Å². The Bertz CT molecular complexity index is 413. The molecule has 1 aliphatic heterocycles. The van der Waals surface area contributed by atoms with Crippen molar-refractivity contribution in [3.05, 3.63) is 48.0 Å². The molecule has 1 fully saturated rings. The van der Waals surface area contributed by atoms with Gasteiger partial charge in [-0.15, -0.1) is 0 Å². The first-order chi connectivity index (χ1) is 7.68. The quantitative estimate of drug-likeness (QED) is 0.473. The number of esters is 1. The lowest BCUT2D eigenvalue weighted by atomic mass is 9.87. The van der Waals surface area contributed by atoms with Crippen LogP contribution in [0.2, 0.25) is 0 Å². The van der Waals surface area contributed by atoms with E-state index in [0.717, 1.165) is 12.0 Å². The predicted octanol–water partition coefficient (Wildman–Crippen LogP) is 3.17. The van der Waals surface area contributed by atoms with E-state index in [4.69, 9.17) is 4.74 Å². The molecule has 2 rings (SSSR count). The van der Waals surface area contributed by atoms with Crippen LogP contribution in [0.4, 0.5) is 0 Å². The summed E-state index contributed by atoms with van der Waals surface area (Å²) < 4.78 is 5.54. The van der Waals surface area contributed by atoms with Crippen molar-refractivity contribution in [2.45, 2.75) is 18.4 Å². The Morgan fingerprint density at radius 3 is 2.62 bits per heavy atom. The maximum Gasteiger partial charge on any atom is 0.334 e. The Morgan fingerprint density at radius 1 is 1.38 bits per heavy atom. The minimum atomic E-state index is -0.528. The first-order valence-corrected chi connectivity index (χ1v) is 6.33. The summed E-state index contributed by atoms with van der Waals surface area (Å²) in [5.41, 5.74) is 1.07. The maximum atomic E-state index is 11.6. The zero-order valence-electron chi connectivity index (χ0n) is 8.91. The van der Waals surface area contributed by atoms with Crippen molar-refractivity contribution < 1.29 is 9.53 Å². The van der Waals surface area contributed by atoms with Crippen molar-refractivity contribution >= 4 is 21.9 Å². The zero-order valence-corrected chi connectivity index (χ0v) is 10.5. The number of alkyl halides is 1. The molecule has 1 aromatic carbocycles. The smallest absolute Gasteiger partial charge is 0.334 e. The highest BCUT2D eigenvalue weighted by molar-refractivity contribution is 9.09. The van der Waals surface area contributed by atoms with Gasteiger partial charge < -0.3 is 4.74 Å². The highest BCUT2D eigenvalue weighted by atomic mass is 79.9. The molecule has 0 aliphatic carbocycles. The average molecular weight is 281 g/mol. The van der Waals surface area contributed by atoms with Crippen LogP contribution >= 0.6 is 15.9 Å².